The van der Waals surface area contributed by atoms with Crippen molar-refractivity contribution in [3.63, 3.8) is 0 Å². The molecule has 1 aromatic heterocycles. The minimum Gasteiger partial charge on any atom is -0.478 e. The molecule has 1 heterocycles. The summed E-state index contributed by atoms with van der Waals surface area (Å²) >= 11 is 0. The summed E-state index contributed by atoms with van der Waals surface area (Å²) < 4.78 is 44.9. The van der Waals surface area contributed by atoms with Crippen LogP contribution in [0.15, 0.2) is 42.6 Å². The maximum Gasteiger partial charge on any atom is 0.573 e. The summed E-state index contributed by atoms with van der Waals surface area (Å²) in [5.41, 5.74) is -0.0166. The van der Waals surface area contributed by atoms with Gasteiger partial charge in [-0.1, -0.05) is 0 Å². The number of ether oxygens (including phenoxy) is 2. The first kappa shape index (κ1) is 14.6. The number of carboxylic acid groups (broad SMARTS) is 1. The van der Waals surface area contributed by atoms with Gasteiger partial charge in [-0.05, 0) is 30.3 Å². The third kappa shape index (κ3) is 4.37. The summed E-state index contributed by atoms with van der Waals surface area (Å²) in [6.07, 6.45) is -3.51. The fourth-order valence-corrected chi connectivity index (χ4v) is 1.43. The van der Waals surface area contributed by atoms with Crippen LogP contribution >= 0.6 is 0 Å². The quantitative estimate of drug-likeness (QED) is 0.936. The van der Waals surface area contributed by atoms with Crippen molar-refractivity contribution in [2.75, 3.05) is 0 Å². The van der Waals surface area contributed by atoms with E-state index >= 15 is 0 Å². The first-order chi connectivity index (χ1) is 9.83. The van der Waals surface area contributed by atoms with Gasteiger partial charge in [0, 0.05) is 12.3 Å². The van der Waals surface area contributed by atoms with Gasteiger partial charge in [0.25, 0.3) is 0 Å². The van der Waals surface area contributed by atoms with Crippen LogP contribution in [0.5, 0.6) is 17.4 Å². The van der Waals surface area contributed by atoms with Gasteiger partial charge in [0.05, 0.1) is 5.56 Å². The van der Waals surface area contributed by atoms with Crippen molar-refractivity contribution in [1.29, 1.82) is 0 Å². The Morgan fingerprint density at radius 2 is 1.71 bits per heavy atom. The van der Waals surface area contributed by atoms with E-state index < -0.39 is 12.3 Å². The average molecular weight is 299 g/mol. The van der Waals surface area contributed by atoms with Crippen LogP contribution in [0.3, 0.4) is 0 Å². The molecule has 0 aliphatic heterocycles. The second-order valence-corrected chi connectivity index (χ2v) is 3.81. The molecule has 0 atom stereocenters. The van der Waals surface area contributed by atoms with Crippen molar-refractivity contribution in [3.8, 4) is 17.4 Å². The van der Waals surface area contributed by atoms with Crippen LogP contribution in [0.4, 0.5) is 13.2 Å². The van der Waals surface area contributed by atoms with E-state index in [9.17, 15) is 18.0 Å². The summed E-state index contributed by atoms with van der Waals surface area (Å²) in [5, 5.41) is 8.81. The van der Waals surface area contributed by atoms with E-state index in [1.54, 1.807) is 0 Å². The number of benzene rings is 1. The molecule has 21 heavy (non-hydrogen) atoms. The number of hydrogen-bond acceptors (Lipinski definition) is 4. The van der Waals surface area contributed by atoms with Crippen molar-refractivity contribution in [2.45, 2.75) is 6.36 Å². The molecule has 0 fully saturated rings. The Labute approximate surface area is 116 Å². The number of alkyl halides is 3. The molecule has 110 valence electrons. The summed E-state index contributed by atoms with van der Waals surface area (Å²) in [5.74, 6) is -1.32. The zero-order valence-electron chi connectivity index (χ0n) is 10.3. The largest absolute Gasteiger partial charge is 0.573 e. The molecule has 0 radical (unpaired) electrons. The number of hydrogen-bond donors (Lipinski definition) is 1. The molecule has 1 N–H and O–H groups in total. The highest BCUT2D eigenvalue weighted by Gasteiger charge is 2.30. The predicted molar refractivity (Wildman–Crippen MR) is 64.4 cm³/mol. The highest BCUT2D eigenvalue weighted by atomic mass is 19.4. The summed E-state index contributed by atoms with van der Waals surface area (Å²) in [6.45, 7) is 0. The Morgan fingerprint density at radius 3 is 2.29 bits per heavy atom. The van der Waals surface area contributed by atoms with Crippen molar-refractivity contribution in [2.24, 2.45) is 0 Å². The number of carboxylic acids is 1. The van der Waals surface area contributed by atoms with Crippen LogP contribution in [-0.2, 0) is 0 Å². The fraction of sp³-hybridized carbons (Fsp3) is 0.0769. The van der Waals surface area contributed by atoms with Crippen LogP contribution in [0, 0.1) is 0 Å². The SMILES string of the molecule is O=C(O)c1ccnc(Oc2ccc(OC(F)(F)F)cc2)c1. The second-order valence-electron chi connectivity index (χ2n) is 3.81. The van der Waals surface area contributed by atoms with E-state index in [2.05, 4.69) is 9.72 Å². The van der Waals surface area contributed by atoms with Gasteiger partial charge in [-0.3, -0.25) is 0 Å². The minimum absolute atomic E-state index is 0.0133. The van der Waals surface area contributed by atoms with E-state index in [4.69, 9.17) is 9.84 Å². The van der Waals surface area contributed by atoms with Gasteiger partial charge in [-0.15, -0.1) is 13.2 Å². The van der Waals surface area contributed by atoms with Crippen LogP contribution < -0.4 is 9.47 Å². The van der Waals surface area contributed by atoms with E-state index in [0.717, 1.165) is 12.1 Å². The fourth-order valence-electron chi connectivity index (χ4n) is 1.43. The van der Waals surface area contributed by atoms with Gasteiger partial charge in [0.15, 0.2) is 0 Å². The Kier molecular flexibility index (Phi) is 3.97. The molecule has 0 bridgehead atoms. The molecule has 2 rings (SSSR count). The van der Waals surface area contributed by atoms with Crippen LogP contribution in [0.1, 0.15) is 10.4 Å². The number of halogens is 3. The Hall–Kier alpha value is -2.77. The monoisotopic (exact) mass is 299 g/mol. The summed E-state index contributed by atoms with van der Waals surface area (Å²) in [7, 11) is 0. The third-order valence-electron chi connectivity index (χ3n) is 2.26. The molecule has 2 aromatic rings. The normalized spacial score (nSPS) is 11.0. The van der Waals surface area contributed by atoms with Gasteiger partial charge in [0.2, 0.25) is 5.88 Å². The lowest BCUT2D eigenvalue weighted by Gasteiger charge is -2.09. The number of nitrogens with zero attached hydrogens (tertiary/aromatic N) is 1. The number of pyridine rings is 1. The highest BCUT2D eigenvalue weighted by Crippen LogP contribution is 2.26. The molecule has 0 saturated carbocycles. The maximum absolute atomic E-state index is 12.0. The van der Waals surface area contributed by atoms with E-state index in [1.165, 1.54) is 30.5 Å². The summed E-state index contributed by atoms with van der Waals surface area (Å²) in [6, 6.07) is 7.12. The molecule has 0 spiro atoms. The van der Waals surface area contributed by atoms with Gasteiger partial charge in [-0.25, -0.2) is 9.78 Å². The van der Waals surface area contributed by atoms with E-state index in [0.29, 0.717) is 0 Å². The second kappa shape index (κ2) is 5.70. The van der Waals surface area contributed by atoms with Crippen molar-refractivity contribution >= 4 is 5.97 Å². The van der Waals surface area contributed by atoms with Gasteiger partial charge < -0.3 is 14.6 Å². The zero-order chi connectivity index (χ0) is 15.5. The van der Waals surface area contributed by atoms with Gasteiger partial charge >= 0.3 is 12.3 Å². The lowest BCUT2D eigenvalue weighted by Crippen LogP contribution is -2.16. The lowest BCUT2D eigenvalue weighted by atomic mass is 10.3. The highest BCUT2D eigenvalue weighted by molar-refractivity contribution is 5.87. The average Bonchev–Trinajstić information content (AvgIpc) is 2.40. The number of carbonyl (C=O) groups is 1. The van der Waals surface area contributed by atoms with Crippen molar-refractivity contribution in [3.05, 3.63) is 48.2 Å². The molecular formula is C13H8F3NO4. The molecule has 5 nitrogen and oxygen atoms in total. The molecule has 0 saturated heterocycles. The Morgan fingerprint density at radius 1 is 1.10 bits per heavy atom. The number of aromatic carboxylic acids is 1. The van der Waals surface area contributed by atoms with Crippen molar-refractivity contribution in [1.82, 2.24) is 4.98 Å². The zero-order valence-corrected chi connectivity index (χ0v) is 10.3. The molecule has 0 unspecified atom stereocenters. The molecule has 0 aliphatic carbocycles. The number of aromatic nitrogens is 1. The third-order valence-corrected chi connectivity index (χ3v) is 2.26. The van der Waals surface area contributed by atoms with Crippen LogP contribution in [0.2, 0.25) is 0 Å². The lowest BCUT2D eigenvalue weighted by molar-refractivity contribution is -0.274. The van der Waals surface area contributed by atoms with E-state index in [1.807, 2.05) is 0 Å². The smallest absolute Gasteiger partial charge is 0.478 e. The Bertz CT molecular complexity index is 641. The van der Waals surface area contributed by atoms with E-state index in [-0.39, 0.29) is 22.9 Å². The topological polar surface area (TPSA) is 68.7 Å². The molecule has 8 heteroatoms. The molecular weight excluding hydrogens is 291 g/mol. The Balaban J connectivity index is 2.10. The molecule has 1 aromatic carbocycles. The maximum atomic E-state index is 12.0. The van der Waals surface area contributed by atoms with Gasteiger partial charge in [-0.2, -0.15) is 0 Å². The molecule has 0 aliphatic rings. The number of rotatable bonds is 4. The summed E-state index contributed by atoms with van der Waals surface area (Å²) in [4.78, 5) is 14.6. The van der Waals surface area contributed by atoms with Crippen molar-refractivity contribution < 1.29 is 32.5 Å². The minimum atomic E-state index is -4.76. The van der Waals surface area contributed by atoms with Crippen LogP contribution in [0.25, 0.3) is 0 Å². The predicted octanol–water partition coefficient (Wildman–Crippen LogP) is 3.47. The van der Waals surface area contributed by atoms with Gasteiger partial charge in [0.1, 0.15) is 11.5 Å². The first-order valence-corrected chi connectivity index (χ1v) is 5.56. The standard InChI is InChI=1S/C13H8F3NO4/c14-13(15,16)21-10-3-1-9(2-4-10)20-11-7-8(12(18)19)5-6-17-11/h1-7H,(H,18,19). The van der Waals surface area contributed by atoms with Crippen LogP contribution in [-0.4, -0.2) is 22.4 Å². The first-order valence-electron chi connectivity index (χ1n) is 5.56. The molecule has 0 amide bonds.